The average Bonchev–Trinajstić information content (AvgIpc) is 2.50. The van der Waals surface area contributed by atoms with E-state index in [0.717, 1.165) is 11.3 Å². The number of hydrogen-bond acceptors (Lipinski definition) is 2. The number of nitrogens with zero attached hydrogens (tertiary/aromatic N) is 1. The lowest BCUT2D eigenvalue weighted by Crippen LogP contribution is -2.09. The van der Waals surface area contributed by atoms with E-state index in [-0.39, 0.29) is 5.91 Å². The van der Waals surface area contributed by atoms with Crippen molar-refractivity contribution in [3.63, 3.8) is 0 Å². The molecule has 0 spiro atoms. The van der Waals surface area contributed by atoms with Gasteiger partial charge in [-0.25, -0.2) is 5.43 Å². The number of amides is 1. The van der Waals surface area contributed by atoms with Crippen LogP contribution in [-0.4, -0.2) is 11.6 Å². The quantitative estimate of drug-likeness (QED) is 0.713. The zero-order valence-corrected chi connectivity index (χ0v) is 8.29. The molecule has 1 aliphatic rings. The summed E-state index contributed by atoms with van der Waals surface area (Å²) in [5.41, 5.74) is 6.73. The first-order valence-electron chi connectivity index (χ1n) is 4.59. The summed E-state index contributed by atoms with van der Waals surface area (Å²) in [6.07, 6.45) is 0.392. The van der Waals surface area contributed by atoms with Crippen LogP contribution in [0.4, 0.5) is 0 Å². The van der Waals surface area contributed by atoms with Crippen molar-refractivity contribution < 1.29 is 4.79 Å². The van der Waals surface area contributed by atoms with Gasteiger partial charge in [-0.3, -0.25) is 4.79 Å². The number of carbonyl (C=O) groups is 1. The Bertz CT molecular complexity index is 401. The largest absolute Gasteiger partial charge is 0.273 e. The monoisotopic (exact) mass is 188 g/mol. The molecule has 1 amide bonds. The minimum Gasteiger partial charge on any atom is -0.273 e. The highest BCUT2D eigenvalue weighted by molar-refractivity contribution is 6.13. The maximum Gasteiger partial charge on any atom is 0.246 e. The highest BCUT2D eigenvalue weighted by Gasteiger charge is 2.16. The summed E-state index contributed by atoms with van der Waals surface area (Å²) in [6.45, 7) is 4.09. The molecule has 0 atom stereocenters. The van der Waals surface area contributed by atoms with Crippen LogP contribution in [0.25, 0.3) is 0 Å². The molecule has 0 saturated carbocycles. The van der Waals surface area contributed by atoms with Gasteiger partial charge in [-0.05, 0) is 19.4 Å². The molecule has 0 unspecified atom stereocenters. The minimum atomic E-state index is -0.0286. The van der Waals surface area contributed by atoms with Crippen LogP contribution in [0.2, 0.25) is 0 Å². The van der Waals surface area contributed by atoms with Gasteiger partial charge in [0.05, 0.1) is 12.1 Å². The molecule has 1 N–H and O–H groups in total. The summed E-state index contributed by atoms with van der Waals surface area (Å²) in [5, 5.41) is 3.99. The third kappa shape index (κ3) is 1.66. The van der Waals surface area contributed by atoms with E-state index >= 15 is 0 Å². The van der Waals surface area contributed by atoms with Crippen LogP contribution >= 0.6 is 0 Å². The van der Waals surface area contributed by atoms with Gasteiger partial charge in [0.15, 0.2) is 0 Å². The first-order chi connectivity index (χ1) is 6.65. The Balaban J connectivity index is 2.37. The molecule has 14 heavy (non-hydrogen) atoms. The zero-order valence-electron chi connectivity index (χ0n) is 8.29. The van der Waals surface area contributed by atoms with Gasteiger partial charge in [0, 0.05) is 0 Å². The third-order valence-corrected chi connectivity index (χ3v) is 2.20. The van der Waals surface area contributed by atoms with Crippen LogP contribution in [0.15, 0.2) is 23.3 Å². The number of benzene rings is 1. The van der Waals surface area contributed by atoms with Gasteiger partial charge in [0.1, 0.15) is 0 Å². The molecule has 1 aliphatic heterocycles. The van der Waals surface area contributed by atoms with Gasteiger partial charge < -0.3 is 0 Å². The number of hydrogen-bond donors (Lipinski definition) is 1. The summed E-state index contributed by atoms with van der Waals surface area (Å²) in [5.74, 6) is -0.0286. The lowest BCUT2D eigenvalue weighted by Gasteiger charge is -2.02. The number of nitrogens with one attached hydrogen (secondary N) is 1. The van der Waals surface area contributed by atoms with Gasteiger partial charge in [0.25, 0.3) is 0 Å². The van der Waals surface area contributed by atoms with E-state index in [1.54, 1.807) is 0 Å². The van der Waals surface area contributed by atoms with Crippen molar-refractivity contribution in [2.45, 2.75) is 20.3 Å². The molecule has 1 aromatic rings. The predicted octanol–water partition coefficient (Wildman–Crippen LogP) is 1.53. The number of rotatable bonds is 1. The molecule has 2 rings (SSSR count). The maximum atomic E-state index is 11.0. The van der Waals surface area contributed by atoms with Crippen molar-refractivity contribution in [3.05, 3.63) is 34.9 Å². The van der Waals surface area contributed by atoms with Gasteiger partial charge in [-0.1, -0.05) is 29.3 Å². The molecule has 0 aromatic heterocycles. The second-order valence-corrected chi connectivity index (χ2v) is 3.65. The van der Waals surface area contributed by atoms with Crippen LogP contribution < -0.4 is 5.43 Å². The summed E-state index contributed by atoms with van der Waals surface area (Å²) in [6, 6.07) is 6.20. The van der Waals surface area contributed by atoms with Gasteiger partial charge in [-0.15, -0.1) is 0 Å². The smallest absolute Gasteiger partial charge is 0.246 e. The van der Waals surface area contributed by atoms with Crippen molar-refractivity contribution in [3.8, 4) is 0 Å². The molecule has 0 bridgehead atoms. The maximum absolute atomic E-state index is 11.0. The fraction of sp³-hybridized carbons (Fsp3) is 0.273. The van der Waals surface area contributed by atoms with E-state index < -0.39 is 0 Å². The fourth-order valence-corrected chi connectivity index (χ4v) is 1.67. The van der Waals surface area contributed by atoms with Crippen molar-refractivity contribution in [2.75, 3.05) is 0 Å². The fourth-order valence-electron chi connectivity index (χ4n) is 1.67. The first-order valence-corrected chi connectivity index (χ1v) is 4.59. The lowest BCUT2D eigenvalue weighted by molar-refractivity contribution is -0.119. The minimum absolute atomic E-state index is 0.0286. The molecule has 0 radical (unpaired) electrons. The second-order valence-electron chi connectivity index (χ2n) is 3.65. The van der Waals surface area contributed by atoms with Gasteiger partial charge in [-0.2, -0.15) is 5.10 Å². The number of carbonyl (C=O) groups excluding carboxylic acids is 1. The topological polar surface area (TPSA) is 41.5 Å². The van der Waals surface area contributed by atoms with Gasteiger partial charge in [0.2, 0.25) is 5.91 Å². The molecule has 3 heteroatoms. The summed E-state index contributed by atoms with van der Waals surface area (Å²) in [4.78, 5) is 11.0. The zero-order chi connectivity index (χ0) is 10.1. The van der Waals surface area contributed by atoms with E-state index in [1.807, 2.05) is 26.0 Å². The molecular formula is C11H12N2O. The third-order valence-electron chi connectivity index (χ3n) is 2.20. The lowest BCUT2D eigenvalue weighted by atomic mass is 10.0. The van der Waals surface area contributed by atoms with Gasteiger partial charge >= 0.3 is 0 Å². The van der Waals surface area contributed by atoms with Crippen molar-refractivity contribution in [1.29, 1.82) is 0 Å². The molecule has 0 aliphatic carbocycles. The Morgan fingerprint density at radius 2 is 1.86 bits per heavy atom. The Morgan fingerprint density at radius 1 is 1.21 bits per heavy atom. The van der Waals surface area contributed by atoms with E-state index in [0.29, 0.717) is 6.42 Å². The normalized spacial score (nSPS) is 15.3. The highest BCUT2D eigenvalue weighted by Crippen LogP contribution is 2.13. The highest BCUT2D eigenvalue weighted by atomic mass is 16.2. The Kier molecular flexibility index (Phi) is 2.08. The van der Waals surface area contributed by atoms with Crippen molar-refractivity contribution >= 4 is 11.6 Å². The van der Waals surface area contributed by atoms with Crippen LogP contribution in [0.3, 0.4) is 0 Å². The number of hydrazone groups is 1. The molecule has 1 aromatic carbocycles. The van der Waals surface area contributed by atoms with E-state index in [2.05, 4.69) is 16.6 Å². The Hall–Kier alpha value is -1.64. The van der Waals surface area contributed by atoms with Crippen LogP contribution in [0.5, 0.6) is 0 Å². The molecule has 0 saturated heterocycles. The standard InChI is InChI=1S/C11H12N2O/c1-7-3-8(2)5-9(4-7)10-6-11(14)13-12-10/h3-5H,6H2,1-2H3,(H,13,14). The predicted molar refractivity (Wildman–Crippen MR) is 55.2 cm³/mol. The second kappa shape index (κ2) is 3.25. The molecule has 72 valence electrons. The molecular weight excluding hydrogens is 176 g/mol. The summed E-state index contributed by atoms with van der Waals surface area (Å²) >= 11 is 0. The van der Waals surface area contributed by atoms with Crippen molar-refractivity contribution in [2.24, 2.45) is 5.10 Å². The van der Waals surface area contributed by atoms with Crippen LogP contribution in [0, 0.1) is 13.8 Å². The molecule has 3 nitrogen and oxygen atoms in total. The van der Waals surface area contributed by atoms with Crippen LogP contribution in [0.1, 0.15) is 23.1 Å². The summed E-state index contributed by atoms with van der Waals surface area (Å²) in [7, 11) is 0. The first kappa shape index (κ1) is 8.94. The average molecular weight is 188 g/mol. The number of aryl methyl sites for hydroxylation is 2. The summed E-state index contributed by atoms with van der Waals surface area (Å²) < 4.78 is 0. The Morgan fingerprint density at radius 3 is 2.36 bits per heavy atom. The van der Waals surface area contributed by atoms with E-state index in [4.69, 9.17) is 0 Å². The van der Waals surface area contributed by atoms with Crippen molar-refractivity contribution in [1.82, 2.24) is 5.43 Å². The molecule has 1 heterocycles. The SMILES string of the molecule is Cc1cc(C)cc(C2=NNC(=O)C2)c1. The molecule has 0 fully saturated rings. The van der Waals surface area contributed by atoms with Crippen LogP contribution in [-0.2, 0) is 4.79 Å². The van der Waals surface area contributed by atoms with E-state index in [1.165, 1.54) is 11.1 Å². The Labute approximate surface area is 82.8 Å². The van der Waals surface area contributed by atoms with E-state index in [9.17, 15) is 4.79 Å².